The Kier molecular flexibility index (Phi) is 3.61. The normalized spacial score (nSPS) is 16.3. The average Bonchev–Trinajstić information content (AvgIpc) is 2.33. The highest BCUT2D eigenvalue weighted by atomic mass is 19.1. The predicted octanol–water partition coefficient (Wildman–Crippen LogP) is 2.38. The number of nitro groups is 1. The van der Waals surface area contributed by atoms with E-state index in [9.17, 15) is 19.3 Å². The van der Waals surface area contributed by atoms with Gasteiger partial charge in [-0.3, -0.25) is 14.9 Å². The smallest absolute Gasteiger partial charge is 0.293 e. The Morgan fingerprint density at radius 1 is 1.55 bits per heavy atom. The van der Waals surface area contributed by atoms with Gasteiger partial charge < -0.3 is 11.1 Å². The van der Waals surface area contributed by atoms with Gasteiger partial charge in [0.1, 0.15) is 17.1 Å². The molecule has 1 fully saturated rings. The third kappa shape index (κ3) is 2.31. The van der Waals surface area contributed by atoms with Crippen molar-refractivity contribution in [3.05, 3.63) is 33.6 Å². The molecule has 108 valence electrons. The number of hydrogen-bond acceptors (Lipinski definition) is 4. The van der Waals surface area contributed by atoms with Gasteiger partial charge in [-0.2, -0.15) is 0 Å². The molecule has 0 saturated heterocycles. The van der Waals surface area contributed by atoms with Crippen molar-refractivity contribution in [1.29, 1.82) is 0 Å². The van der Waals surface area contributed by atoms with Crippen LogP contribution in [0.5, 0.6) is 0 Å². The third-order valence-corrected chi connectivity index (χ3v) is 3.96. The maximum Gasteiger partial charge on any atom is 0.293 e. The van der Waals surface area contributed by atoms with E-state index in [1.807, 2.05) is 6.92 Å². The number of benzene rings is 1. The van der Waals surface area contributed by atoms with Gasteiger partial charge in [-0.15, -0.1) is 0 Å². The molecule has 0 bridgehead atoms. The molecule has 0 heterocycles. The number of nitrogens with two attached hydrogens (primary N) is 1. The number of carbonyl (C=O) groups excluding carboxylic acids is 1. The summed E-state index contributed by atoms with van der Waals surface area (Å²) in [7, 11) is 0. The first-order valence-electron chi connectivity index (χ1n) is 6.45. The molecule has 0 atom stereocenters. The fourth-order valence-electron chi connectivity index (χ4n) is 2.45. The van der Waals surface area contributed by atoms with Gasteiger partial charge in [0.25, 0.3) is 11.6 Å². The summed E-state index contributed by atoms with van der Waals surface area (Å²) >= 11 is 0. The number of anilines is 1. The van der Waals surface area contributed by atoms with Crippen LogP contribution in [0, 0.1) is 15.9 Å². The minimum Gasteiger partial charge on any atom is -0.392 e. The number of rotatable bonds is 4. The Morgan fingerprint density at radius 2 is 2.20 bits per heavy atom. The number of carbonyl (C=O) groups is 1. The van der Waals surface area contributed by atoms with Crippen LogP contribution in [0.4, 0.5) is 15.8 Å². The van der Waals surface area contributed by atoms with Crippen LogP contribution in [0.2, 0.25) is 0 Å². The molecule has 3 N–H and O–H groups in total. The molecule has 1 aromatic rings. The fourth-order valence-corrected chi connectivity index (χ4v) is 2.45. The molecule has 0 aliphatic heterocycles. The summed E-state index contributed by atoms with van der Waals surface area (Å²) in [6.07, 6.45) is 3.38. The summed E-state index contributed by atoms with van der Waals surface area (Å²) in [6, 6.07) is 1.85. The van der Waals surface area contributed by atoms with E-state index in [0.29, 0.717) is 0 Å². The maximum absolute atomic E-state index is 13.8. The van der Waals surface area contributed by atoms with E-state index in [1.54, 1.807) is 0 Å². The van der Waals surface area contributed by atoms with Gasteiger partial charge in [-0.05, 0) is 31.7 Å². The first-order valence-corrected chi connectivity index (χ1v) is 6.45. The van der Waals surface area contributed by atoms with Crippen molar-refractivity contribution in [2.75, 3.05) is 5.73 Å². The molecule has 1 aliphatic rings. The zero-order valence-corrected chi connectivity index (χ0v) is 11.1. The van der Waals surface area contributed by atoms with E-state index in [1.165, 1.54) is 0 Å². The third-order valence-electron chi connectivity index (χ3n) is 3.96. The Balaban J connectivity index is 2.34. The first-order chi connectivity index (χ1) is 9.40. The van der Waals surface area contributed by atoms with Crippen LogP contribution in [0.15, 0.2) is 12.1 Å². The van der Waals surface area contributed by atoms with Gasteiger partial charge in [0, 0.05) is 11.6 Å². The van der Waals surface area contributed by atoms with Crippen molar-refractivity contribution in [1.82, 2.24) is 5.32 Å². The summed E-state index contributed by atoms with van der Waals surface area (Å²) in [5.74, 6) is -1.54. The van der Waals surface area contributed by atoms with Gasteiger partial charge in [-0.25, -0.2) is 4.39 Å². The Labute approximate surface area is 115 Å². The lowest BCUT2D eigenvalue weighted by Gasteiger charge is -2.42. The Bertz CT molecular complexity index is 565. The minimum atomic E-state index is -0.851. The maximum atomic E-state index is 13.8. The summed E-state index contributed by atoms with van der Waals surface area (Å²) in [5, 5.41) is 13.6. The number of hydrogen-bond donors (Lipinski definition) is 2. The highest BCUT2D eigenvalue weighted by Gasteiger charge is 2.38. The average molecular weight is 281 g/mol. The number of amides is 1. The van der Waals surface area contributed by atoms with Gasteiger partial charge in [0.2, 0.25) is 0 Å². The van der Waals surface area contributed by atoms with Crippen LogP contribution in [-0.4, -0.2) is 16.4 Å². The number of nitrogen functional groups attached to an aromatic ring is 1. The monoisotopic (exact) mass is 281 g/mol. The number of halogens is 1. The summed E-state index contributed by atoms with van der Waals surface area (Å²) < 4.78 is 13.8. The molecule has 0 aromatic heterocycles. The van der Waals surface area contributed by atoms with Crippen LogP contribution < -0.4 is 11.1 Å². The zero-order chi connectivity index (χ0) is 14.9. The van der Waals surface area contributed by atoms with Crippen LogP contribution in [-0.2, 0) is 0 Å². The molecule has 2 rings (SSSR count). The lowest BCUT2D eigenvalue weighted by atomic mass is 9.74. The van der Waals surface area contributed by atoms with Crippen molar-refractivity contribution in [3.8, 4) is 0 Å². The van der Waals surface area contributed by atoms with Crippen molar-refractivity contribution < 1.29 is 14.1 Å². The molecule has 1 aromatic carbocycles. The molecular weight excluding hydrogens is 265 g/mol. The summed E-state index contributed by atoms with van der Waals surface area (Å²) in [4.78, 5) is 22.2. The topological polar surface area (TPSA) is 98.3 Å². The van der Waals surface area contributed by atoms with E-state index in [0.717, 1.165) is 37.8 Å². The molecule has 1 amide bonds. The molecular formula is C13H16FN3O3. The Morgan fingerprint density at radius 3 is 2.65 bits per heavy atom. The van der Waals surface area contributed by atoms with Crippen LogP contribution in [0.25, 0.3) is 0 Å². The summed E-state index contributed by atoms with van der Waals surface area (Å²) in [6.45, 7) is 1.94. The Hall–Kier alpha value is -2.18. The standard InChI is InChI=1S/C13H16FN3O3/c1-2-13(6-3-7-13)16-12(18)10-8(14)4-5-9(11(10)15)17(19)20/h4-5H,2-3,6-7,15H2,1H3,(H,16,18). The number of nitrogens with one attached hydrogen (secondary N) is 1. The fraction of sp³-hybridized carbons (Fsp3) is 0.462. The molecule has 1 aliphatic carbocycles. The second-order valence-electron chi connectivity index (χ2n) is 5.05. The largest absolute Gasteiger partial charge is 0.392 e. The van der Waals surface area contributed by atoms with Crippen molar-refractivity contribution in [2.24, 2.45) is 0 Å². The molecule has 0 radical (unpaired) electrons. The zero-order valence-electron chi connectivity index (χ0n) is 11.1. The van der Waals surface area contributed by atoms with Crippen LogP contribution >= 0.6 is 0 Å². The van der Waals surface area contributed by atoms with Gasteiger partial charge in [0.15, 0.2) is 0 Å². The molecule has 1 saturated carbocycles. The number of nitro benzene ring substituents is 1. The molecule has 7 heteroatoms. The SMILES string of the molecule is CCC1(NC(=O)c2c(F)ccc([N+](=O)[O-])c2N)CCC1. The highest BCUT2D eigenvalue weighted by Crippen LogP contribution is 2.36. The lowest BCUT2D eigenvalue weighted by molar-refractivity contribution is -0.384. The van der Waals surface area contributed by atoms with Crippen LogP contribution in [0.3, 0.4) is 0 Å². The quantitative estimate of drug-likeness (QED) is 0.503. The predicted molar refractivity (Wildman–Crippen MR) is 71.8 cm³/mol. The van der Waals surface area contributed by atoms with E-state index in [4.69, 9.17) is 5.73 Å². The first kappa shape index (κ1) is 14.2. The van der Waals surface area contributed by atoms with Gasteiger partial charge in [0.05, 0.1) is 4.92 Å². The molecule has 20 heavy (non-hydrogen) atoms. The lowest BCUT2D eigenvalue weighted by Crippen LogP contribution is -2.53. The minimum absolute atomic E-state index is 0.333. The van der Waals surface area contributed by atoms with Crippen molar-refractivity contribution in [2.45, 2.75) is 38.1 Å². The van der Waals surface area contributed by atoms with E-state index < -0.39 is 33.6 Å². The van der Waals surface area contributed by atoms with Crippen molar-refractivity contribution >= 4 is 17.3 Å². The van der Waals surface area contributed by atoms with E-state index >= 15 is 0 Å². The molecule has 0 unspecified atom stereocenters. The highest BCUT2D eigenvalue weighted by molar-refractivity contribution is 6.01. The van der Waals surface area contributed by atoms with Crippen molar-refractivity contribution in [3.63, 3.8) is 0 Å². The molecule has 6 nitrogen and oxygen atoms in total. The van der Waals surface area contributed by atoms with Crippen LogP contribution in [0.1, 0.15) is 43.0 Å². The van der Waals surface area contributed by atoms with Gasteiger partial charge in [-0.1, -0.05) is 6.92 Å². The second kappa shape index (κ2) is 5.07. The van der Waals surface area contributed by atoms with Gasteiger partial charge >= 0.3 is 0 Å². The van der Waals surface area contributed by atoms with E-state index in [2.05, 4.69) is 5.32 Å². The van der Waals surface area contributed by atoms with E-state index in [-0.39, 0.29) is 5.54 Å². The second-order valence-corrected chi connectivity index (χ2v) is 5.05. The summed E-state index contributed by atoms with van der Waals surface area (Å²) in [5.41, 5.74) is 3.89. The molecule has 0 spiro atoms. The number of nitrogens with zero attached hydrogens (tertiary/aromatic N) is 1.